The van der Waals surface area contributed by atoms with Crippen LogP contribution in [0.25, 0.3) is 0 Å². The van der Waals surface area contributed by atoms with Gasteiger partial charge in [0.15, 0.2) is 0 Å². The highest BCUT2D eigenvalue weighted by atomic mass is 15.2. The molecule has 2 rings (SSSR count). The first-order chi connectivity index (χ1) is 9.94. The fourth-order valence-corrected chi connectivity index (χ4v) is 4.52. The van der Waals surface area contributed by atoms with E-state index in [-0.39, 0.29) is 0 Å². The Morgan fingerprint density at radius 1 is 1.24 bits per heavy atom. The van der Waals surface area contributed by atoms with Crippen LogP contribution in [0.15, 0.2) is 0 Å². The maximum atomic E-state index is 3.86. The Kier molecular flexibility index (Phi) is 6.10. The fourth-order valence-electron chi connectivity index (χ4n) is 4.52. The summed E-state index contributed by atoms with van der Waals surface area (Å²) in [5, 5.41) is 3.86. The van der Waals surface area contributed by atoms with Crippen LogP contribution in [0.5, 0.6) is 0 Å². The third-order valence-electron chi connectivity index (χ3n) is 5.63. The third kappa shape index (κ3) is 4.43. The molecule has 124 valence electrons. The van der Waals surface area contributed by atoms with Crippen molar-refractivity contribution < 1.29 is 0 Å². The van der Waals surface area contributed by atoms with Crippen molar-refractivity contribution in [3.8, 4) is 0 Å². The van der Waals surface area contributed by atoms with Crippen LogP contribution in [0.3, 0.4) is 0 Å². The van der Waals surface area contributed by atoms with Crippen molar-refractivity contribution in [2.45, 2.75) is 65.0 Å². The lowest BCUT2D eigenvalue weighted by atomic mass is 9.84. The van der Waals surface area contributed by atoms with E-state index in [0.717, 1.165) is 12.0 Å². The Hall–Kier alpha value is -0.120. The molecule has 0 amide bonds. The van der Waals surface area contributed by atoms with Crippen LogP contribution < -0.4 is 5.32 Å². The third-order valence-corrected chi connectivity index (χ3v) is 5.63. The molecule has 0 radical (unpaired) electrons. The number of likely N-dealkylation sites (N-methyl/N-ethyl adjacent to an activating group) is 1. The summed E-state index contributed by atoms with van der Waals surface area (Å²) in [5.74, 6) is 0.842. The lowest BCUT2D eigenvalue weighted by molar-refractivity contribution is 0.155. The lowest BCUT2D eigenvalue weighted by Crippen LogP contribution is -2.47. The Balaban J connectivity index is 1.94. The van der Waals surface area contributed by atoms with Crippen molar-refractivity contribution in [1.82, 2.24) is 15.1 Å². The predicted molar refractivity (Wildman–Crippen MR) is 91.7 cm³/mol. The predicted octanol–water partition coefficient (Wildman–Crippen LogP) is 2.82. The van der Waals surface area contributed by atoms with Gasteiger partial charge in [0.25, 0.3) is 0 Å². The van der Waals surface area contributed by atoms with Crippen LogP contribution in [0, 0.1) is 11.3 Å². The van der Waals surface area contributed by atoms with E-state index in [2.05, 4.69) is 50.0 Å². The summed E-state index contributed by atoms with van der Waals surface area (Å²) in [6, 6.07) is 1.49. The fraction of sp³-hybridized carbons (Fsp3) is 1.00. The van der Waals surface area contributed by atoms with Gasteiger partial charge >= 0.3 is 0 Å². The molecule has 3 atom stereocenters. The maximum absolute atomic E-state index is 3.86. The Morgan fingerprint density at radius 2 is 2.00 bits per heavy atom. The first-order valence-electron chi connectivity index (χ1n) is 9.06. The van der Waals surface area contributed by atoms with Crippen molar-refractivity contribution in [3.63, 3.8) is 0 Å². The maximum Gasteiger partial charge on any atom is 0.0223 e. The molecule has 2 fully saturated rings. The summed E-state index contributed by atoms with van der Waals surface area (Å²) >= 11 is 0. The van der Waals surface area contributed by atoms with Gasteiger partial charge in [-0.15, -0.1) is 0 Å². The average Bonchev–Trinajstić information content (AvgIpc) is 2.93. The Labute approximate surface area is 132 Å². The molecular formula is C18H37N3. The van der Waals surface area contributed by atoms with Crippen LogP contribution in [-0.2, 0) is 0 Å². The molecule has 3 unspecified atom stereocenters. The van der Waals surface area contributed by atoms with Gasteiger partial charge < -0.3 is 10.2 Å². The van der Waals surface area contributed by atoms with Crippen LogP contribution >= 0.6 is 0 Å². The van der Waals surface area contributed by atoms with E-state index in [9.17, 15) is 0 Å². The average molecular weight is 296 g/mol. The van der Waals surface area contributed by atoms with E-state index >= 15 is 0 Å². The number of likely N-dealkylation sites (tertiary alicyclic amines) is 1. The standard InChI is InChI=1S/C18H37N3/c1-6-11-19-17-15(9-10-18(17,2)3)13-21-12-7-8-16(21)14-20(4)5/h15-17,19H,6-14H2,1-5H3. The summed E-state index contributed by atoms with van der Waals surface area (Å²) in [4.78, 5) is 5.14. The van der Waals surface area contributed by atoms with Crippen LogP contribution in [0.2, 0.25) is 0 Å². The minimum absolute atomic E-state index is 0.469. The molecule has 3 heteroatoms. The number of nitrogens with one attached hydrogen (secondary N) is 1. The van der Waals surface area contributed by atoms with E-state index in [0.29, 0.717) is 11.5 Å². The van der Waals surface area contributed by atoms with E-state index in [1.54, 1.807) is 0 Å². The SMILES string of the molecule is CCCNC1C(CN2CCCC2CN(C)C)CCC1(C)C. The largest absolute Gasteiger partial charge is 0.313 e. The second-order valence-corrected chi connectivity index (χ2v) is 8.27. The van der Waals surface area contributed by atoms with Crippen LogP contribution in [-0.4, -0.2) is 62.2 Å². The minimum atomic E-state index is 0.469. The summed E-state index contributed by atoms with van der Waals surface area (Å²) in [6.07, 6.45) is 6.81. The molecule has 0 bridgehead atoms. The first kappa shape index (κ1) is 17.2. The summed E-state index contributed by atoms with van der Waals surface area (Å²) in [5.41, 5.74) is 0.469. The number of nitrogens with zero attached hydrogens (tertiary/aromatic N) is 2. The molecule has 1 aliphatic heterocycles. The zero-order valence-corrected chi connectivity index (χ0v) is 15.0. The van der Waals surface area contributed by atoms with Crippen molar-refractivity contribution in [3.05, 3.63) is 0 Å². The van der Waals surface area contributed by atoms with Crippen LogP contribution in [0.4, 0.5) is 0 Å². The highest BCUT2D eigenvalue weighted by Crippen LogP contribution is 2.42. The van der Waals surface area contributed by atoms with Gasteiger partial charge in [0, 0.05) is 25.2 Å². The highest BCUT2D eigenvalue weighted by Gasteiger charge is 2.42. The number of hydrogen-bond acceptors (Lipinski definition) is 3. The van der Waals surface area contributed by atoms with Crippen LogP contribution in [0.1, 0.15) is 52.9 Å². The first-order valence-corrected chi connectivity index (χ1v) is 9.06. The highest BCUT2D eigenvalue weighted by molar-refractivity contribution is 4.98. The molecule has 1 saturated heterocycles. The summed E-state index contributed by atoms with van der Waals surface area (Å²) in [7, 11) is 4.42. The van der Waals surface area contributed by atoms with Gasteiger partial charge in [-0.05, 0) is 70.6 Å². The van der Waals surface area contributed by atoms with Gasteiger partial charge in [0.05, 0.1) is 0 Å². The monoisotopic (exact) mass is 295 g/mol. The lowest BCUT2D eigenvalue weighted by Gasteiger charge is -2.35. The Bertz CT molecular complexity index is 314. The second-order valence-electron chi connectivity index (χ2n) is 8.27. The quantitative estimate of drug-likeness (QED) is 0.779. The zero-order chi connectivity index (χ0) is 15.5. The number of hydrogen-bond donors (Lipinski definition) is 1. The van der Waals surface area contributed by atoms with E-state index < -0.39 is 0 Å². The van der Waals surface area contributed by atoms with Crippen molar-refractivity contribution in [2.75, 3.05) is 40.3 Å². The molecule has 0 spiro atoms. The molecular weight excluding hydrogens is 258 g/mol. The summed E-state index contributed by atoms with van der Waals surface area (Å²) < 4.78 is 0. The number of rotatable bonds is 7. The van der Waals surface area contributed by atoms with Gasteiger partial charge in [-0.2, -0.15) is 0 Å². The van der Waals surface area contributed by atoms with E-state index in [1.165, 1.54) is 58.3 Å². The van der Waals surface area contributed by atoms with E-state index in [1.807, 2.05) is 0 Å². The van der Waals surface area contributed by atoms with Gasteiger partial charge in [0.1, 0.15) is 0 Å². The minimum Gasteiger partial charge on any atom is -0.313 e. The molecule has 1 heterocycles. The van der Waals surface area contributed by atoms with Crippen molar-refractivity contribution >= 4 is 0 Å². The molecule has 0 aromatic carbocycles. The molecule has 1 aliphatic carbocycles. The molecule has 1 N–H and O–H groups in total. The van der Waals surface area contributed by atoms with Crippen molar-refractivity contribution in [1.29, 1.82) is 0 Å². The van der Waals surface area contributed by atoms with Gasteiger partial charge in [-0.1, -0.05) is 20.8 Å². The smallest absolute Gasteiger partial charge is 0.0223 e. The van der Waals surface area contributed by atoms with Gasteiger partial charge in [0.2, 0.25) is 0 Å². The Morgan fingerprint density at radius 3 is 2.67 bits per heavy atom. The summed E-state index contributed by atoms with van der Waals surface area (Å²) in [6.45, 7) is 12.2. The zero-order valence-electron chi connectivity index (χ0n) is 15.0. The van der Waals surface area contributed by atoms with E-state index in [4.69, 9.17) is 0 Å². The molecule has 0 aromatic heterocycles. The molecule has 1 saturated carbocycles. The van der Waals surface area contributed by atoms with Gasteiger partial charge in [-0.3, -0.25) is 4.90 Å². The van der Waals surface area contributed by atoms with Gasteiger partial charge in [-0.25, -0.2) is 0 Å². The molecule has 21 heavy (non-hydrogen) atoms. The molecule has 0 aromatic rings. The second kappa shape index (κ2) is 7.43. The molecule has 2 aliphatic rings. The molecule has 3 nitrogen and oxygen atoms in total. The van der Waals surface area contributed by atoms with Crippen molar-refractivity contribution in [2.24, 2.45) is 11.3 Å². The normalized spacial score (nSPS) is 33.1. The topological polar surface area (TPSA) is 18.5 Å².